The summed E-state index contributed by atoms with van der Waals surface area (Å²) in [6.07, 6.45) is -0.191. The Bertz CT molecular complexity index is 267. The van der Waals surface area contributed by atoms with E-state index in [-0.39, 0.29) is 25.2 Å². The van der Waals surface area contributed by atoms with Crippen LogP contribution in [0.25, 0.3) is 0 Å². The minimum atomic E-state index is -1.24. The number of aliphatic carboxylic acids is 3. The fourth-order valence-electron chi connectivity index (χ4n) is 1.79. The lowest BCUT2D eigenvalue weighted by molar-refractivity contribution is -0.152. The van der Waals surface area contributed by atoms with Gasteiger partial charge in [-0.2, -0.15) is 0 Å². The fourth-order valence-corrected chi connectivity index (χ4v) is 1.79. The van der Waals surface area contributed by atoms with Gasteiger partial charge in [-0.3, -0.25) is 14.4 Å². The number of hydrogen-bond donors (Lipinski definition) is 3. The van der Waals surface area contributed by atoms with E-state index in [1.807, 2.05) is 0 Å². The van der Waals surface area contributed by atoms with Crippen molar-refractivity contribution in [2.45, 2.75) is 12.8 Å². The molecule has 0 amide bonds. The smallest absolute Gasteiger partial charge is 0.307 e. The molecule has 0 aliphatic heterocycles. The van der Waals surface area contributed by atoms with Crippen LogP contribution in [0.1, 0.15) is 12.8 Å². The van der Waals surface area contributed by atoms with Crippen molar-refractivity contribution in [3.8, 4) is 0 Å². The summed E-state index contributed by atoms with van der Waals surface area (Å²) in [6, 6.07) is 0. The van der Waals surface area contributed by atoms with Gasteiger partial charge in [0.1, 0.15) is 0 Å². The van der Waals surface area contributed by atoms with Crippen LogP contribution in [0.2, 0.25) is 0 Å². The molecule has 2 atom stereocenters. The lowest BCUT2D eigenvalue weighted by Crippen LogP contribution is -2.24. The summed E-state index contributed by atoms with van der Waals surface area (Å²) in [5.41, 5.74) is 0. The molecule has 7 heteroatoms. The first-order valence-corrected chi connectivity index (χ1v) is 4.12. The standard InChI is InChI=1S/C8H10O6.ClH/c9-6(10)3-1-4(7(11)12)5(2-3)8(13)14;/h3-5H,1-2H2,(H,9,10)(H,11,12)(H,13,14);1H. The zero-order valence-electron chi connectivity index (χ0n) is 7.62. The van der Waals surface area contributed by atoms with Crippen LogP contribution in [-0.4, -0.2) is 33.2 Å². The second-order valence-electron chi connectivity index (χ2n) is 3.40. The van der Waals surface area contributed by atoms with Crippen molar-refractivity contribution in [3.05, 3.63) is 0 Å². The largest absolute Gasteiger partial charge is 0.481 e. The van der Waals surface area contributed by atoms with Crippen LogP contribution in [0.4, 0.5) is 0 Å². The van der Waals surface area contributed by atoms with Crippen molar-refractivity contribution in [1.29, 1.82) is 0 Å². The van der Waals surface area contributed by atoms with Crippen LogP contribution >= 0.6 is 12.4 Å². The normalized spacial score (nSPS) is 29.2. The van der Waals surface area contributed by atoms with Crippen LogP contribution in [0, 0.1) is 17.8 Å². The minimum absolute atomic E-state index is 0. The van der Waals surface area contributed by atoms with E-state index in [9.17, 15) is 14.4 Å². The molecular formula is C8H11ClO6. The number of hydrogen-bond acceptors (Lipinski definition) is 3. The third-order valence-electron chi connectivity index (χ3n) is 2.55. The zero-order valence-corrected chi connectivity index (χ0v) is 8.44. The number of carboxylic acid groups (broad SMARTS) is 3. The Morgan fingerprint density at radius 1 is 0.800 bits per heavy atom. The summed E-state index contributed by atoms with van der Waals surface area (Å²) >= 11 is 0. The van der Waals surface area contributed by atoms with E-state index in [2.05, 4.69) is 0 Å². The summed E-state index contributed by atoms with van der Waals surface area (Å²) in [5.74, 6) is -6.60. The molecule has 0 saturated heterocycles. The molecule has 1 aliphatic rings. The molecular weight excluding hydrogens is 228 g/mol. The lowest BCUT2D eigenvalue weighted by atomic mass is 9.97. The van der Waals surface area contributed by atoms with Crippen molar-refractivity contribution in [3.63, 3.8) is 0 Å². The van der Waals surface area contributed by atoms with Gasteiger partial charge in [0.2, 0.25) is 0 Å². The molecule has 1 aliphatic carbocycles. The highest BCUT2D eigenvalue weighted by molar-refractivity contribution is 5.85. The van der Waals surface area contributed by atoms with Gasteiger partial charge in [-0.1, -0.05) is 0 Å². The molecule has 1 saturated carbocycles. The minimum Gasteiger partial charge on any atom is -0.481 e. The van der Waals surface area contributed by atoms with E-state index in [1.165, 1.54) is 0 Å². The third-order valence-corrected chi connectivity index (χ3v) is 2.55. The number of carboxylic acids is 3. The highest BCUT2D eigenvalue weighted by Gasteiger charge is 2.45. The van der Waals surface area contributed by atoms with Gasteiger partial charge in [0.25, 0.3) is 0 Å². The van der Waals surface area contributed by atoms with Crippen molar-refractivity contribution >= 4 is 30.3 Å². The molecule has 0 radical (unpaired) electrons. The predicted octanol–water partition coefficient (Wildman–Crippen LogP) is 0.304. The lowest BCUT2D eigenvalue weighted by Gasteiger charge is -2.08. The number of halogens is 1. The first-order chi connectivity index (χ1) is 6.43. The molecule has 86 valence electrons. The van der Waals surface area contributed by atoms with Gasteiger partial charge in [-0.25, -0.2) is 0 Å². The molecule has 0 aromatic rings. The quantitative estimate of drug-likeness (QED) is 0.652. The molecule has 6 nitrogen and oxygen atoms in total. The van der Waals surface area contributed by atoms with Crippen LogP contribution < -0.4 is 0 Å². The molecule has 0 spiro atoms. The summed E-state index contributed by atoms with van der Waals surface area (Å²) < 4.78 is 0. The maximum Gasteiger partial charge on any atom is 0.307 e. The highest BCUT2D eigenvalue weighted by atomic mass is 35.5. The number of rotatable bonds is 3. The van der Waals surface area contributed by atoms with Crippen LogP contribution in [-0.2, 0) is 14.4 Å². The fraction of sp³-hybridized carbons (Fsp3) is 0.625. The molecule has 2 unspecified atom stereocenters. The predicted molar refractivity (Wildman–Crippen MR) is 49.9 cm³/mol. The molecule has 1 rings (SSSR count). The Morgan fingerprint density at radius 3 is 1.33 bits per heavy atom. The second-order valence-corrected chi connectivity index (χ2v) is 3.40. The van der Waals surface area contributed by atoms with Gasteiger partial charge in [0.05, 0.1) is 17.8 Å². The second kappa shape index (κ2) is 4.97. The monoisotopic (exact) mass is 238 g/mol. The molecule has 0 heterocycles. The summed E-state index contributed by atoms with van der Waals surface area (Å²) in [7, 11) is 0. The SMILES string of the molecule is Cl.O=C(O)C1CC(C(=O)O)C(C(=O)O)C1. The maximum absolute atomic E-state index is 10.6. The summed E-state index contributed by atoms with van der Waals surface area (Å²) in [6.45, 7) is 0. The van der Waals surface area contributed by atoms with E-state index in [1.54, 1.807) is 0 Å². The van der Waals surface area contributed by atoms with Gasteiger partial charge in [0.15, 0.2) is 0 Å². The molecule has 0 bridgehead atoms. The van der Waals surface area contributed by atoms with Crippen LogP contribution in [0.15, 0.2) is 0 Å². The molecule has 0 aromatic heterocycles. The van der Waals surface area contributed by atoms with Gasteiger partial charge in [-0.15, -0.1) is 12.4 Å². The Balaban J connectivity index is 0.00000196. The summed E-state index contributed by atoms with van der Waals surface area (Å²) in [5, 5.41) is 26.0. The molecule has 15 heavy (non-hydrogen) atoms. The zero-order chi connectivity index (χ0) is 10.9. The van der Waals surface area contributed by atoms with E-state index < -0.39 is 35.7 Å². The van der Waals surface area contributed by atoms with Gasteiger partial charge < -0.3 is 15.3 Å². The average Bonchev–Trinajstić information content (AvgIpc) is 2.47. The third kappa shape index (κ3) is 2.82. The Morgan fingerprint density at radius 2 is 1.13 bits per heavy atom. The van der Waals surface area contributed by atoms with Gasteiger partial charge in [0, 0.05) is 0 Å². The maximum atomic E-state index is 10.6. The highest BCUT2D eigenvalue weighted by Crippen LogP contribution is 2.36. The van der Waals surface area contributed by atoms with Crippen molar-refractivity contribution < 1.29 is 29.7 Å². The van der Waals surface area contributed by atoms with Crippen LogP contribution in [0.5, 0.6) is 0 Å². The van der Waals surface area contributed by atoms with E-state index in [0.717, 1.165) is 0 Å². The Labute approximate surface area is 91.3 Å². The van der Waals surface area contributed by atoms with Crippen molar-refractivity contribution in [2.24, 2.45) is 17.8 Å². The first kappa shape index (κ1) is 13.7. The topological polar surface area (TPSA) is 112 Å². The molecule has 3 N–H and O–H groups in total. The van der Waals surface area contributed by atoms with Gasteiger partial charge in [-0.05, 0) is 12.8 Å². The van der Waals surface area contributed by atoms with E-state index >= 15 is 0 Å². The first-order valence-electron chi connectivity index (χ1n) is 4.12. The Kier molecular flexibility index (Phi) is 4.54. The van der Waals surface area contributed by atoms with Crippen molar-refractivity contribution in [2.75, 3.05) is 0 Å². The molecule has 1 fully saturated rings. The van der Waals surface area contributed by atoms with E-state index in [4.69, 9.17) is 15.3 Å². The van der Waals surface area contributed by atoms with Crippen LogP contribution in [0.3, 0.4) is 0 Å². The van der Waals surface area contributed by atoms with Gasteiger partial charge >= 0.3 is 17.9 Å². The van der Waals surface area contributed by atoms with E-state index in [0.29, 0.717) is 0 Å². The Hall–Kier alpha value is -1.30. The molecule has 0 aromatic carbocycles. The number of carbonyl (C=O) groups is 3. The summed E-state index contributed by atoms with van der Waals surface area (Å²) in [4.78, 5) is 31.8. The van der Waals surface area contributed by atoms with Crippen molar-refractivity contribution in [1.82, 2.24) is 0 Å². The average molecular weight is 239 g/mol.